The molecule has 98 heavy (non-hydrogen) atoms. The summed E-state index contributed by atoms with van der Waals surface area (Å²) in [6.45, 7) is 4.89. The van der Waals surface area contributed by atoms with Crippen molar-refractivity contribution < 1.29 is 80.2 Å². The molecule has 0 saturated heterocycles. The molecule has 0 aliphatic heterocycles. The number of aliphatic hydroxyl groups excluding tert-OH is 1. The molecule has 5 unspecified atom stereocenters. The van der Waals surface area contributed by atoms with Crippen molar-refractivity contribution in [2.45, 2.75) is 393 Å². The summed E-state index contributed by atoms with van der Waals surface area (Å²) in [5.41, 5.74) is 0. The van der Waals surface area contributed by atoms with Crippen molar-refractivity contribution in [2.75, 3.05) is 39.6 Å². The van der Waals surface area contributed by atoms with Crippen molar-refractivity contribution in [1.82, 2.24) is 0 Å². The SMILES string of the molecule is CCCCC/C=C\C/C=C\C/C=C\CCCCCCCCC(=O)OCC(COP(=O)(O)OCC(O)COP(=O)(O)OCC(COC(=O)CCCCCCC/C=C\CCCCCC)OC(=O)CCCCCCCCCCCCCCC)OC(=O)CCCCCCCCCCCCCCC. The van der Waals surface area contributed by atoms with Crippen molar-refractivity contribution in [3.8, 4) is 0 Å². The molecule has 0 fully saturated rings. The largest absolute Gasteiger partial charge is 0.472 e. The summed E-state index contributed by atoms with van der Waals surface area (Å²) in [6.07, 6.45) is 69.4. The van der Waals surface area contributed by atoms with E-state index < -0.39 is 97.5 Å². The Hall–Kier alpha value is -2.98. The second kappa shape index (κ2) is 72.4. The summed E-state index contributed by atoms with van der Waals surface area (Å²) in [4.78, 5) is 72.9. The number of carbonyl (C=O) groups excluding carboxylic acids is 4. The molecule has 0 amide bonds. The first-order valence-corrected chi connectivity index (χ1v) is 42.9. The molecule has 0 aromatic carbocycles. The highest BCUT2D eigenvalue weighted by Crippen LogP contribution is 2.45. The molecule has 0 aliphatic carbocycles. The van der Waals surface area contributed by atoms with Gasteiger partial charge in [0.05, 0.1) is 26.4 Å². The van der Waals surface area contributed by atoms with Crippen LogP contribution in [0, 0.1) is 0 Å². The van der Waals surface area contributed by atoms with Gasteiger partial charge in [-0.25, -0.2) is 9.13 Å². The van der Waals surface area contributed by atoms with E-state index >= 15 is 0 Å². The lowest BCUT2D eigenvalue weighted by Gasteiger charge is -2.21. The zero-order valence-corrected chi connectivity index (χ0v) is 64.5. The van der Waals surface area contributed by atoms with Crippen LogP contribution in [-0.2, 0) is 65.4 Å². The van der Waals surface area contributed by atoms with Gasteiger partial charge in [-0.05, 0) is 89.9 Å². The topological polar surface area (TPSA) is 237 Å². The van der Waals surface area contributed by atoms with Gasteiger partial charge in [-0.2, -0.15) is 0 Å². The first-order chi connectivity index (χ1) is 47.7. The highest BCUT2D eigenvalue weighted by Gasteiger charge is 2.30. The van der Waals surface area contributed by atoms with Gasteiger partial charge in [0, 0.05) is 25.7 Å². The predicted octanol–water partition coefficient (Wildman–Crippen LogP) is 22.9. The normalized spacial score (nSPS) is 14.2. The Morgan fingerprint density at radius 3 is 0.806 bits per heavy atom. The number of carbonyl (C=O) groups is 4. The minimum atomic E-state index is -4.97. The van der Waals surface area contributed by atoms with Gasteiger partial charge in [-0.15, -0.1) is 0 Å². The second-order valence-electron chi connectivity index (χ2n) is 27.0. The lowest BCUT2D eigenvalue weighted by Crippen LogP contribution is -2.30. The maximum atomic E-state index is 13.1. The molecule has 0 aliphatic rings. The minimum absolute atomic E-state index is 0.0993. The van der Waals surface area contributed by atoms with E-state index in [4.69, 9.17) is 37.0 Å². The van der Waals surface area contributed by atoms with Gasteiger partial charge in [0.15, 0.2) is 12.2 Å². The number of phosphoric acid groups is 2. The Balaban J connectivity index is 5.29. The fourth-order valence-electron chi connectivity index (χ4n) is 11.2. The average molecular weight is 1430 g/mol. The van der Waals surface area contributed by atoms with E-state index in [1.807, 2.05) is 0 Å². The fraction of sp³-hybridized carbons (Fsp3) is 0.848. The Bertz CT molecular complexity index is 2050. The molecule has 0 radical (unpaired) electrons. The van der Waals surface area contributed by atoms with E-state index in [9.17, 15) is 43.2 Å². The van der Waals surface area contributed by atoms with Crippen LogP contribution in [0.3, 0.4) is 0 Å². The van der Waals surface area contributed by atoms with E-state index in [0.717, 1.165) is 148 Å². The maximum absolute atomic E-state index is 13.1. The minimum Gasteiger partial charge on any atom is -0.462 e. The van der Waals surface area contributed by atoms with Crippen LogP contribution in [0.15, 0.2) is 48.6 Å². The van der Waals surface area contributed by atoms with E-state index in [1.54, 1.807) is 0 Å². The number of allylic oxidation sites excluding steroid dienone is 8. The summed E-state index contributed by atoms with van der Waals surface area (Å²) in [7, 11) is -9.93. The zero-order valence-electron chi connectivity index (χ0n) is 62.7. The van der Waals surface area contributed by atoms with Crippen LogP contribution in [0.2, 0.25) is 0 Å². The van der Waals surface area contributed by atoms with Crippen LogP contribution in [0.25, 0.3) is 0 Å². The van der Waals surface area contributed by atoms with Crippen molar-refractivity contribution in [3.63, 3.8) is 0 Å². The van der Waals surface area contributed by atoms with Crippen LogP contribution < -0.4 is 0 Å². The Labute approximate surface area is 597 Å². The number of hydrogen-bond acceptors (Lipinski definition) is 15. The molecule has 0 bridgehead atoms. The van der Waals surface area contributed by atoms with Crippen LogP contribution in [0.4, 0.5) is 0 Å². The lowest BCUT2D eigenvalue weighted by atomic mass is 10.0. The fourth-order valence-corrected chi connectivity index (χ4v) is 12.7. The third-order valence-corrected chi connectivity index (χ3v) is 19.2. The molecular weight excluding hydrogens is 1280 g/mol. The third-order valence-electron chi connectivity index (χ3n) is 17.3. The summed E-state index contributed by atoms with van der Waals surface area (Å²) >= 11 is 0. The van der Waals surface area contributed by atoms with Crippen molar-refractivity contribution >= 4 is 39.5 Å². The van der Waals surface area contributed by atoms with E-state index in [2.05, 4.69) is 76.3 Å². The molecule has 0 rings (SSSR count). The van der Waals surface area contributed by atoms with Crippen molar-refractivity contribution in [1.29, 1.82) is 0 Å². The smallest absolute Gasteiger partial charge is 0.462 e. The number of rotatable bonds is 76. The third kappa shape index (κ3) is 71.4. The molecule has 0 spiro atoms. The summed E-state index contributed by atoms with van der Waals surface area (Å²) in [5, 5.41) is 10.6. The molecule has 3 N–H and O–H groups in total. The molecule has 17 nitrogen and oxygen atoms in total. The molecule has 0 aromatic heterocycles. The Morgan fingerprint density at radius 1 is 0.286 bits per heavy atom. The summed E-state index contributed by atoms with van der Waals surface area (Å²) in [5.74, 6) is -2.16. The lowest BCUT2D eigenvalue weighted by molar-refractivity contribution is -0.161. The highest BCUT2D eigenvalue weighted by atomic mass is 31.2. The number of unbranched alkanes of at least 4 members (excludes halogenated alkanes) is 42. The number of aliphatic hydroxyl groups is 1. The first kappa shape index (κ1) is 95.0. The van der Waals surface area contributed by atoms with Gasteiger partial charge in [-0.1, -0.05) is 307 Å². The monoisotopic (exact) mass is 1430 g/mol. The first-order valence-electron chi connectivity index (χ1n) is 39.9. The van der Waals surface area contributed by atoms with Crippen LogP contribution in [0.1, 0.15) is 374 Å². The number of hydrogen-bond donors (Lipinski definition) is 3. The molecule has 0 heterocycles. The van der Waals surface area contributed by atoms with Gasteiger partial charge < -0.3 is 33.8 Å². The zero-order chi connectivity index (χ0) is 71.8. The molecule has 0 aromatic rings. The summed E-state index contributed by atoms with van der Waals surface area (Å²) in [6, 6.07) is 0. The van der Waals surface area contributed by atoms with Gasteiger partial charge >= 0.3 is 39.5 Å². The average Bonchev–Trinajstić information content (AvgIpc) is 0.966. The van der Waals surface area contributed by atoms with Crippen molar-refractivity contribution in [2.24, 2.45) is 0 Å². The van der Waals surface area contributed by atoms with Crippen LogP contribution >= 0.6 is 15.6 Å². The van der Waals surface area contributed by atoms with Crippen molar-refractivity contribution in [3.05, 3.63) is 48.6 Å². The van der Waals surface area contributed by atoms with E-state index in [0.29, 0.717) is 25.7 Å². The maximum Gasteiger partial charge on any atom is 0.472 e. The molecule has 0 saturated carbocycles. The van der Waals surface area contributed by atoms with Gasteiger partial charge in [0.1, 0.15) is 19.3 Å². The predicted molar refractivity (Wildman–Crippen MR) is 400 cm³/mol. The second-order valence-corrected chi connectivity index (χ2v) is 29.9. The molecule has 19 heteroatoms. The number of esters is 4. The van der Waals surface area contributed by atoms with Gasteiger partial charge in [-0.3, -0.25) is 37.3 Å². The molecular formula is C79H146O17P2. The van der Waals surface area contributed by atoms with Crippen LogP contribution in [0.5, 0.6) is 0 Å². The number of ether oxygens (including phenoxy) is 4. The van der Waals surface area contributed by atoms with Gasteiger partial charge in [0.2, 0.25) is 0 Å². The molecule has 574 valence electrons. The van der Waals surface area contributed by atoms with E-state index in [-0.39, 0.29) is 25.7 Å². The van der Waals surface area contributed by atoms with Gasteiger partial charge in [0.25, 0.3) is 0 Å². The Morgan fingerprint density at radius 2 is 0.500 bits per heavy atom. The van der Waals surface area contributed by atoms with Crippen LogP contribution in [-0.4, -0.2) is 96.7 Å². The van der Waals surface area contributed by atoms with E-state index in [1.165, 1.54) is 148 Å². The standard InChI is InChI=1S/C79H146O17P2/c1-5-9-13-17-21-25-29-33-34-35-36-37-38-42-44-48-52-56-60-64-77(82)90-70-75(96-79(84)66-62-58-54-50-46-41-32-28-24-20-16-12-8-4)72-94-98(87,88)92-68-73(80)67-91-97(85,86)93-71-74(95-78(83)65-61-57-53-49-45-40-31-27-23-19-15-11-7-3)69-89-76(81)63-59-55-51-47-43-39-30-26-22-18-14-10-6-2/h21,25-26,30,33-34,36-37,73-75,80H,5-20,22-24,27-29,31-32,35,38-72H2,1-4H3,(H,85,86)(H,87,88)/b25-21-,30-26-,34-33-,37-36-. The number of phosphoric ester groups is 2. The quantitative estimate of drug-likeness (QED) is 0.0169. The molecule has 5 atom stereocenters. The summed E-state index contributed by atoms with van der Waals surface area (Å²) < 4.78 is 68.6. The highest BCUT2D eigenvalue weighted by molar-refractivity contribution is 7.47. The Kier molecular flexibility index (Phi) is 70.2.